The van der Waals surface area contributed by atoms with Crippen LogP contribution in [-0.2, 0) is 0 Å². The fourth-order valence-electron chi connectivity index (χ4n) is 0.504. The molecule has 1 aromatic rings. The molecule has 0 bridgehead atoms. The molecule has 0 saturated carbocycles. The van der Waals surface area contributed by atoms with E-state index in [-0.39, 0.29) is 0 Å². The van der Waals surface area contributed by atoms with Crippen LogP contribution in [0.1, 0.15) is 0 Å². The Hall–Kier alpha value is -1.69. The summed E-state index contributed by atoms with van der Waals surface area (Å²) < 4.78 is 4.83. The highest BCUT2D eigenvalue weighted by atomic mass is 16.3. The number of urea groups is 1. The van der Waals surface area contributed by atoms with Crippen molar-refractivity contribution in [3.63, 3.8) is 0 Å². The highest BCUT2D eigenvalue weighted by molar-refractivity contribution is 5.74. The van der Waals surface area contributed by atoms with Gasteiger partial charge in [-0.3, -0.25) is 10.9 Å². The van der Waals surface area contributed by atoms with Crippen LogP contribution in [-0.4, -0.2) is 6.03 Å². The van der Waals surface area contributed by atoms with E-state index in [1.165, 1.54) is 6.26 Å². The third-order valence-electron chi connectivity index (χ3n) is 0.952. The van der Waals surface area contributed by atoms with Crippen molar-refractivity contribution in [3.05, 3.63) is 18.4 Å². The maximum Gasteiger partial charge on any atom is 0.347 e. The molecule has 0 unspecified atom stereocenters. The molecule has 1 rings (SSSR count). The van der Waals surface area contributed by atoms with E-state index in [1.54, 1.807) is 12.1 Å². The van der Waals surface area contributed by atoms with E-state index < -0.39 is 6.03 Å². The van der Waals surface area contributed by atoms with Gasteiger partial charge in [-0.1, -0.05) is 0 Å². The summed E-state index contributed by atoms with van der Waals surface area (Å²) in [6.07, 6.45) is 1.48. The molecule has 0 spiro atoms. The first-order chi connectivity index (χ1) is 5.33. The number of nitrogens with two attached hydrogens (primary N) is 1. The van der Waals surface area contributed by atoms with Gasteiger partial charge in [0.25, 0.3) is 0 Å². The fourth-order valence-corrected chi connectivity index (χ4v) is 0.504. The Morgan fingerprint density at radius 2 is 2.45 bits per heavy atom. The lowest BCUT2D eigenvalue weighted by Crippen LogP contribution is -2.42. The molecule has 0 aliphatic heterocycles. The molecular weight excluding hydrogens is 148 g/mol. The Labute approximate surface area is 62.7 Å². The summed E-state index contributed by atoms with van der Waals surface area (Å²) in [4.78, 5) is 10.5. The van der Waals surface area contributed by atoms with E-state index >= 15 is 0 Å². The second kappa shape index (κ2) is 3.47. The SMILES string of the molecule is NNC(=O)NNc1ccco1. The standard InChI is InChI=1S/C5H8N4O2/c6-7-5(10)9-8-4-2-1-3-11-4/h1-3,8H,6H2,(H2,7,9,10). The van der Waals surface area contributed by atoms with Crippen molar-refractivity contribution in [2.24, 2.45) is 5.84 Å². The second-order valence-corrected chi connectivity index (χ2v) is 1.70. The molecule has 0 radical (unpaired) electrons. The molecule has 0 aliphatic carbocycles. The minimum absolute atomic E-state index is 0.439. The van der Waals surface area contributed by atoms with Crippen LogP contribution in [0, 0.1) is 0 Å². The monoisotopic (exact) mass is 156 g/mol. The number of nitrogens with one attached hydrogen (secondary N) is 3. The summed E-state index contributed by atoms with van der Waals surface area (Å²) in [5.74, 6) is 5.22. The summed E-state index contributed by atoms with van der Waals surface area (Å²) in [6, 6.07) is 2.79. The van der Waals surface area contributed by atoms with Gasteiger partial charge in [0.1, 0.15) is 0 Å². The van der Waals surface area contributed by atoms with Gasteiger partial charge < -0.3 is 4.42 Å². The molecule has 60 valence electrons. The summed E-state index contributed by atoms with van der Waals surface area (Å²) in [5, 5.41) is 0. The number of hydrazine groups is 2. The quantitative estimate of drug-likeness (QED) is 0.270. The minimum Gasteiger partial charge on any atom is -0.447 e. The molecular formula is C5H8N4O2. The smallest absolute Gasteiger partial charge is 0.347 e. The van der Waals surface area contributed by atoms with Gasteiger partial charge in [-0.2, -0.15) is 0 Å². The first-order valence-corrected chi connectivity index (χ1v) is 2.89. The summed E-state index contributed by atoms with van der Waals surface area (Å²) in [7, 11) is 0. The summed E-state index contributed by atoms with van der Waals surface area (Å²) in [5.41, 5.74) is 6.56. The van der Waals surface area contributed by atoms with Gasteiger partial charge in [0.15, 0.2) is 0 Å². The van der Waals surface area contributed by atoms with Crippen LogP contribution in [0.15, 0.2) is 22.8 Å². The molecule has 1 aromatic heterocycles. The first kappa shape index (κ1) is 7.42. The third kappa shape index (κ3) is 2.18. The molecule has 2 amide bonds. The average molecular weight is 156 g/mol. The number of hydrogen-bond donors (Lipinski definition) is 4. The third-order valence-corrected chi connectivity index (χ3v) is 0.952. The molecule has 0 atom stereocenters. The lowest BCUT2D eigenvalue weighted by atomic mass is 10.6. The van der Waals surface area contributed by atoms with E-state index in [0.29, 0.717) is 5.88 Å². The fraction of sp³-hybridized carbons (Fsp3) is 0. The Balaban J connectivity index is 2.29. The topological polar surface area (TPSA) is 92.3 Å². The number of furan rings is 1. The highest BCUT2D eigenvalue weighted by Crippen LogP contribution is 2.03. The number of hydrogen-bond acceptors (Lipinski definition) is 4. The lowest BCUT2D eigenvalue weighted by Gasteiger charge is -2.02. The van der Waals surface area contributed by atoms with Crippen molar-refractivity contribution in [1.82, 2.24) is 10.9 Å². The maximum atomic E-state index is 10.5. The van der Waals surface area contributed by atoms with Crippen LogP contribution >= 0.6 is 0 Å². The van der Waals surface area contributed by atoms with E-state index in [0.717, 1.165) is 0 Å². The number of carbonyl (C=O) groups excluding carboxylic acids is 1. The van der Waals surface area contributed by atoms with Crippen molar-refractivity contribution >= 4 is 11.9 Å². The van der Waals surface area contributed by atoms with Gasteiger partial charge in [-0.05, 0) is 6.07 Å². The van der Waals surface area contributed by atoms with E-state index in [1.807, 2.05) is 5.43 Å². The van der Waals surface area contributed by atoms with Crippen molar-refractivity contribution in [3.8, 4) is 0 Å². The van der Waals surface area contributed by atoms with Gasteiger partial charge >= 0.3 is 6.03 Å². The van der Waals surface area contributed by atoms with Crippen molar-refractivity contribution < 1.29 is 9.21 Å². The molecule has 1 heterocycles. The van der Waals surface area contributed by atoms with Crippen molar-refractivity contribution in [2.45, 2.75) is 0 Å². The lowest BCUT2D eigenvalue weighted by molar-refractivity contribution is 0.242. The molecule has 11 heavy (non-hydrogen) atoms. The first-order valence-electron chi connectivity index (χ1n) is 2.89. The van der Waals surface area contributed by atoms with Gasteiger partial charge in [0.05, 0.1) is 6.26 Å². The number of amides is 2. The Morgan fingerprint density at radius 1 is 1.64 bits per heavy atom. The van der Waals surface area contributed by atoms with E-state index in [9.17, 15) is 4.79 Å². The number of carbonyl (C=O) groups is 1. The van der Waals surface area contributed by atoms with Crippen LogP contribution in [0.25, 0.3) is 0 Å². The zero-order valence-corrected chi connectivity index (χ0v) is 5.63. The van der Waals surface area contributed by atoms with Gasteiger partial charge in [-0.15, -0.1) is 0 Å². The molecule has 5 N–H and O–H groups in total. The predicted molar refractivity (Wildman–Crippen MR) is 38.2 cm³/mol. The van der Waals surface area contributed by atoms with Gasteiger partial charge in [-0.25, -0.2) is 16.1 Å². The molecule has 0 saturated heterocycles. The Bertz CT molecular complexity index is 220. The van der Waals surface area contributed by atoms with Crippen LogP contribution in [0.5, 0.6) is 0 Å². The molecule has 0 aliphatic rings. The van der Waals surface area contributed by atoms with Gasteiger partial charge in [0.2, 0.25) is 5.88 Å². The normalized spacial score (nSPS) is 8.82. The van der Waals surface area contributed by atoms with E-state index in [2.05, 4.69) is 10.9 Å². The van der Waals surface area contributed by atoms with Crippen LogP contribution in [0.3, 0.4) is 0 Å². The minimum atomic E-state index is -0.540. The summed E-state index contributed by atoms with van der Waals surface area (Å²) in [6.45, 7) is 0. The Morgan fingerprint density at radius 3 is 3.00 bits per heavy atom. The second-order valence-electron chi connectivity index (χ2n) is 1.70. The largest absolute Gasteiger partial charge is 0.447 e. The molecule has 0 aromatic carbocycles. The average Bonchev–Trinajstić information content (AvgIpc) is 2.52. The van der Waals surface area contributed by atoms with Crippen LogP contribution in [0.4, 0.5) is 10.7 Å². The van der Waals surface area contributed by atoms with Crippen molar-refractivity contribution in [2.75, 3.05) is 5.43 Å². The van der Waals surface area contributed by atoms with E-state index in [4.69, 9.17) is 10.3 Å². The number of rotatable bonds is 2. The van der Waals surface area contributed by atoms with Crippen molar-refractivity contribution in [1.29, 1.82) is 0 Å². The summed E-state index contributed by atoms with van der Waals surface area (Å²) >= 11 is 0. The Kier molecular flexibility index (Phi) is 2.34. The zero-order valence-electron chi connectivity index (χ0n) is 5.63. The molecule has 6 nitrogen and oxygen atoms in total. The predicted octanol–water partition coefficient (Wildman–Crippen LogP) is -0.221. The van der Waals surface area contributed by atoms with Crippen LogP contribution in [0.2, 0.25) is 0 Å². The molecule has 6 heteroatoms. The zero-order chi connectivity index (χ0) is 8.10. The molecule has 0 fully saturated rings. The maximum absolute atomic E-state index is 10.5. The van der Waals surface area contributed by atoms with Gasteiger partial charge in [0, 0.05) is 6.07 Å². The van der Waals surface area contributed by atoms with Crippen LogP contribution < -0.4 is 22.1 Å². The highest BCUT2D eigenvalue weighted by Gasteiger charge is 1.95. The number of anilines is 1.